The van der Waals surface area contributed by atoms with Gasteiger partial charge in [-0.3, -0.25) is 9.59 Å². The molecular formula is C21H25N5O2S2. The van der Waals surface area contributed by atoms with Crippen molar-refractivity contribution in [1.82, 2.24) is 20.6 Å². The van der Waals surface area contributed by atoms with Gasteiger partial charge in [0.25, 0.3) is 11.8 Å². The molecule has 1 fully saturated rings. The molecule has 0 aliphatic carbocycles. The van der Waals surface area contributed by atoms with Gasteiger partial charge in [-0.2, -0.15) is 0 Å². The Morgan fingerprint density at radius 3 is 2.57 bits per heavy atom. The molecule has 158 valence electrons. The van der Waals surface area contributed by atoms with Gasteiger partial charge in [0, 0.05) is 26.2 Å². The summed E-state index contributed by atoms with van der Waals surface area (Å²) in [6.45, 7) is 5.06. The number of thiophene rings is 2. The zero-order valence-electron chi connectivity index (χ0n) is 16.9. The van der Waals surface area contributed by atoms with Crippen LogP contribution in [0.1, 0.15) is 45.5 Å². The van der Waals surface area contributed by atoms with Crippen LogP contribution in [0, 0.1) is 5.92 Å². The normalized spacial score (nSPS) is 14.8. The molecule has 0 spiro atoms. The Labute approximate surface area is 183 Å². The van der Waals surface area contributed by atoms with Crippen LogP contribution in [-0.2, 0) is 0 Å². The standard InChI is InChI=1S/C21H25N5O2S2/c1-2-22-20(27)16-3-4-17(30-16)21(28)23-9-5-14-6-10-26(11-7-14)19-18-15(8-12-29-18)24-13-25-19/h3-4,8,12-14H,2,5-7,9-11H2,1H3,(H,22,27)(H,23,28). The molecule has 0 atom stereocenters. The van der Waals surface area contributed by atoms with E-state index in [1.54, 1.807) is 29.8 Å². The van der Waals surface area contributed by atoms with E-state index in [1.807, 2.05) is 13.0 Å². The van der Waals surface area contributed by atoms with E-state index < -0.39 is 0 Å². The highest BCUT2D eigenvalue weighted by molar-refractivity contribution is 7.17. The first kappa shape index (κ1) is 20.7. The number of nitrogens with one attached hydrogen (secondary N) is 2. The lowest BCUT2D eigenvalue weighted by molar-refractivity contribution is 0.0950. The van der Waals surface area contributed by atoms with Crippen LogP contribution >= 0.6 is 22.7 Å². The number of amides is 2. The molecule has 2 amide bonds. The van der Waals surface area contributed by atoms with Crippen LogP contribution in [0.25, 0.3) is 10.2 Å². The maximum atomic E-state index is 12.4. The number of anilines is 1. The van der Waals surface area contributed by atoms with E-state index in [0.717, 1.165) is 48.4 Å². The molecule has 4 rings (SSSR count). The van der Waals surface area contributed by atoms with Crippen LogP contribution in [0.5, 0.6) is 0 Å². The second-order valence-corrected chi connectivity index (χ2v) is 9.33. The van der Waals surface area contributed by atoms with E-state index in [9.17, 15) is 9.59 Å². The lowest BCUT2D eigenvalue weighted by Gasteiger charge is -2.33. The minimum atomic E-state index is -0.128. The first-order valence-corrected chi connectivity index (χ1v) is 11.9. The lowest BCUT2D eigenvalue weighted by Crippen LogP contribution is -2.35. The molecule has 1 saturated heterocycles. The minimum absolute atomic E-state index is 0.103. The Kier molecular flexibility index (Phi) is 6.59. The third-order valence-corrected chi connectivity index (χ3v) is 7.35. The molecule has 7 nitrogen and oxygen atoms in total. The van der Waals surface area contributed by atoms with E-state index in [4.69, 9.17) is 0 Å². The fourth-order valence-electron chi connectivity index (χ4n) is 3.74. The second-order valence-electron chi connectivity index (χ2n) is 7.33. The van der Waals surface area contributed by atoms with Crippen molar-refractivity contribution in [2.24, 2.45) is 5.92 Å². The molecular weight excluding hydrogens is 418 g/mol. The molecule has 0 aromatic carbocycles. The van der Waals surface area contributed by atoms with Crippen LogP contribution < -0.4 is 15.5 Å². The highest BCUT2D eigenvalue weighted by Crippen LogP contribution is 2.31. The second kappa shape index (κ2) is 9.53. The van der Waals surface area contributed by atoms with Gasteiger partial charge < -0.3 is 15.5 Å². The summed E-state index contributed by atoms with van der Waals surface area (Å²) in [6, 6.07) is 5.46. The number of carbonyl (C=O) groups is 2. The monoisotopic (exact) mass is 443 g/mol. The van der Waals surface area contributed by atoms with E-state index in [1.165, 1.54) is 11.3 Å². The van der Waals surface area contributed by atoms with Gasteiger partial charge in [0.05, 0.1) is 20.0 Å². The van der Waals surface area contributed by atoms with Crippen molar-refractivity contribution >= 4 is 50.5 Å². The number of aromatic nitrogens is 2. The van der Waals surface area contributed by atoms with Crippen molar-refractivity contribution in [2.75, 3.05) is 31.1 Å². The predicted molar refractivity (Wildman–Crippen MR) is 122 cm³/mol. The van der Waals surface area contributed by atoms with E-state index in [2.05, 4.69) is 30.9 Å². The van der Waals surface area contributed by atoms with Crippen LogP contribution in [0.15, 0.2) is 29.9 Å². The van der Waals surface area contributed by atoms with E-state index >= 15 is 0 Å². The van der Waals surface area contributed by atoms with Crippen molar-refractivity contribution in [2.45, 2.75) is 26.2 Å². The Hall–Kier alpha value is -2.52. The summed E-state index contributed by atoms with van der Waals surface area (Å²) in [7, 11) is 0. The van der Waals surface area contributed by atoms with Gasteiger partial charge in [0.1, 0.15) is 12.1 Å². The smallest absolute Gasteiger partial charge is 0.261 e. The molecule has 3 aromatic rings. The maximum Gasteiger partial charge on any atom is 0.261 e. The first-order valence-electron chi connectivity index (χ1n) is 10.2. The summed E-state index contributed by atoms with van der Waals surface area (Å²) in [5.41, 5.74) is 1.01. The van der Waals surface area contributed by atoms with E-state index in [-0.39, 0.29) is 11.8 Å². The van der Waals surface area contributed by atoms with Crippen molar-refractivity contribution in [3.63, 3.8) is 0 Å². The van der Waals surface area contributed by atoms with Crippen molar-refractivity contribution in [3.05, 3.63) is 39.7 Å². The molecule has 0 unspecified atom stereocenters. The third-order valence-electron chi connectivity index (χ3n) is 5.37. The summed E-state index contributed by atoms with van der Waals surface area (Å²) in [6.07, 6.45) is 4.79. The number of nitrogens with zero attached hydrogens (tertiary/aromatic N) is 3. The van der Waals surface area contributed by atoms with Gasteiger partial charge in [-0.25, -0.2) is 9.97 Å². The van der Waals surface area contributed by atoms with Gasteiger partial charge in [-0.15, -0.1) is 22.7 Å². The molecule has 9 heteroatoms. The van der Waals surface area contributed by atoms with Gasteiger partial charge in [0.15, 0.2) is 0 Å². The van der Waals surface area contributed by atoms with Gasteiger partial charge in [0.2, 0.25) is 0 Å². The molecule has 0 bridgehead atoms. The highest BCUT2D eigenvalue weighted by Gasteiger charge is 2.22. The summed E-state index contributed by atoms with van der Waals surface area (Å²) in [5.74, 6) is 1.41. The number of rotatable bonds is 7. The highest BCUT2D eigenvalue weighted by atomic mass is 32.1. The number of hydrogen-bond donors (Lipinski definition) is 2. The molecule has 0 saturated carbocycles. The lowest BCUT2D eigenvalue weighted by atomic mass is 9.93. The summed E-state index contributed by atoms with van der Waals surface area (Å²) in [4.78, 5) is 36.5. The maximum absolute atomic E-state index is 12.4. The Bertz CT molecular complexity index is 1020. The molecule has 0 radical (unpaired) electrons. The zero-order chi connectivity index (χ0) is 20.9. The molecule has 2 N–H and O–H groups in total. The van der Waals surface area contributed by atoms with Gasteiger partial charge in [-0.1, -0.05) is 0 Å². The van der Waals surface area contributed by atoms with Crippen LogP contribution in [0.2, 0.25) is 0 Å². The van der Waals surface area contributed by atoms with Gasteiger partial charge >= 0.3 is 0 Å². The Morgan fingerprint density at radius 2 is 1.83 bits per heavy atom. The number of carbonyl (C=O) groups excluding carboxylic acids is 2. The molecule has 1 aliphatic rings. The topological polar surface area (TPSA) is 87.2 Å². The predicted octanol–water partition coefficient (Wildman–Crippen LogP) is 3.54. The fourth-order valence-corrected chi connectivity index (χ4v) is 5.44. The summed E-state index contributed by atoms with van der Waals surface area (Å²) < 4.78 is 1.16. The summed E-state index contributed by atoms with van der Waals surface area (Å²) in [5, 5.41) is 7.81. The molecule has 30 heavy (non-hydrogen) atoms. The number of fused-ring (bicyclic) bond motifs is 1. The largest absolute Gasteiger partial charge is 0.355 e. The van der Waals surface area contributed by atoms with Crippen molar-refractivity contribution < 1.29 is 9.59 Å². The van der Waals surface area contributed by atoms with Crippen LogP contribution in [0.4, 0.5) is 5.82 Å². The van der Waals surface area contributed by atoms with Crippen LogP contribution in [-0.4, -0.2) is 48.0 Å². The molecule has 4 heterocycles. The third kappa shape index (κ3) is 4.62. The van der Waals surface area contributed by atoms with Crippen molar-refractivity contribution in [1.29, 1.82) is 0 Å². The minimum Gasteiger partial charge on any atom is -0.355 e. The van der Waals surface area contributed by atoms with Gasteiger partial charge in [-0.05, 0) is 55.7 Å². The Morgan fingerprint density at radius 1 is 1.10 bits per heavy atom. The van der Waals surface area contributed by atoms with Crippen molar-refractivity contribution in [3.8, 4) is 0 Å². The average Bonchev–Trinajstić information content (AvgIpc) is 3.44. The number of piperidine rings is 1. The van der Waals surface area contributed by atoms with E-state index in [0.29, 0.717) is 28.8 Å². The molecule has 3 aromatic heterocycles. The summed E-state index contributed by atoms with van der Waals surface area (Å²) >= 11 is 2.92. The molecule has 1 aliphatic heterocycles. The quantitative estimate of drug-likeness (QED) is 0.583. The Balaban J connectivity index is 1.23. The number of hydrogen-bond acceptors (Lipinski definition) is 7. The first-order chi connectivity index (χ1) is 14.7. The van der Waals surface area contributed by atoms with Crippen LogP contribution in [0.3, 0.4) is 0 Å². The SMILES string of the molecule is CCNC(=O)c1ccc(C(=O)NCCC2CCN(c3ncnc4ccsc34)CC2)s1. The fraction of sp³-hybridized carbons (Fsp3) is 0.429. The zero-order valence-corrected chi connectivity index (χ0v) is 18.5. The average molecular weight is 444 g/mol.